The Balaban J connectivity index is 1.71. The zero-order chi connectivity index (χ0) is 28.3. The van der Waals surface area contributed by atoms with Crippen LogP contribution in [0, 0.1) is 6.92 Å². The van der Waals surface area contributed by atoms with Crippen LogP contribution in [0.25, 0.3) is 5.69 Å². The molecule has 1 aromatic heterocycles. The molecule has 2 unspecified atom stereocenters. The van der Waals surface area contributed by atoms with Crippen LogP contribution >= 0.6 is 11.8 Å². The molecule has 0 aliphatic carbocycles. The van der Waals surface area contributed by atoms with E-state index in [-0.39, 0.29) is 5.69 Å². The van der Waals surface area contributed by atoms with Gasteiger partial charge in [-0.25, -0.2) is 9.59 Å². The maximum atomic E-state index is 13.1. The number of benzene rings is 3. The third kappa shape index (κ3) is 6.19. The fourth-order valence-corrected chi connectivity index (χ4v) is 5.21. The average Bonchev–Trinajstić information content (AvgIpc) is 3.20. The number of thioether (sulfide) groups is 1. The third-order valence-corrected chi connectivity index (χ3v) is 7.54. The van der Waals surface area contributed by atoms with Crippen LogP contribution in [0.15, 0.2) is 82.5 Å². The summed E-state index contributed by atoms with van der Waals surface area (Å²) in [5.74, 6) is -0.198. The monoisotopic (exact) mass is 557 g/mol. The van der Waals surface area contributed by atoms with Crippen LogP contribution < -0.4 is 10.4 Å². The largest absolute Gasteiger partial charge is 0.479 e. The number of aliphatic carboxylic acids is 1. The number of carboxylic acids is 1. The fourth-order valence-electron chi connectivity index (χ4n) is 3.97. The lowest BCUT2D eigenvalue weighted by Gasteiger charge is -2.19. The number of ether oxygens (including phenoxy) is 1. The number of halogens is 3. The average molecular weight is 558 g/mol. The van der Waals surface area contributed by atoms with Crippen molar-refractivity contribution in [3.8, 4) is 11.4 Å². The maximum Gasteiger partial charge on any atom is 0.416 e. The molecule has 3 aromatic carbocycles. The molecule has 39 heavy (non-hydrogen) atoms. The summed E-state index contributed by atoms with van der Waals surface area (Å²) in [4.78, 5) is 25.3. The molecule has 1 heterocycles. The molecule has 4 rings (SSSR count). The van der Waals surface area contributed by atoms with Gasteiger partial charge in [0.15, 0.2) is 11.9 Å². The molecule has 0 fully saturated rings. The molecule has 2 atom stereocenters. The van der Waals surface area contributed by atoms with Crippen molar-refractivity contribution >= 4 is 17.7 Å². The highest BCUT2D eigenvalue weighted by Crippen LogP contribution is 2.41. The van der Waals surface area contributed by atoms with Crippen molar-refractivity contribution in [2.45, 2.75) is 42.7 Å². The normalized spacial score (nSPS) is 13.2. The van der Waals surface area contributed by atoms with Crippen molar-refractivity contribution in [2.24, 2.45) is 7.05 Å². The van der Waals surface area contributed by atoms with Crippen LogP contribution in [0.5, 0.6) is 5.75 Å². The molecule has 0 spiro atoms. The molecule has 0 radical (unpaired) electrons. The van der Waals surface area contributed by atoms with E-state index in [1.807, 2.05) is 43.3 Å². The smallest absolute Gasteiger partial charge is 0.416 e. The van der Waals surface area contributed by atoms with E-state index in [4.69, 9.17) is 4.74 Å². The van der Waals surface area contributed by atoms with Gasteiger partial charge in [-0.1, -0.05) is 37.3 Å². The number of aromatic nitrogens is 3. The predicted octanol–water partition coefficient (Wildman–Crippen LogP) is 6.02. The highest BCUT2D eigenvalue weighted by atomic mass is 32.2. The van der Waals surface area contributed by atoms with Crippen molar-refractivity contribution in [1.82, 2.24) is 14.3 Å². The van der Waals surface area contributed by atoms with Gasteiger partial charge >= 0.3 is 17.8 Å². The summed E-state index contributed by atoms with van der Waals surface area (Å²) in [5, 5.41) is 13.4. The van der Waals surface area contributed by atoms with Gasteiger partial charge in [0.05, 0.1) is 16.5 Å². The standard InChI is InChI=1S/C28H26F3N3O4S/c1-4-22(26(35)36)38-21-14-15-23(17(2)16-21)39-24(18-8-6-5-7-9-18)25-32-34(27(37)33(25)3)20-12-10-19(11-13-20)28(29,30)31/h5-16,22,24H,4H2,1-3H3,(H,35,36). The second kappa shape index (κ2) is 11.4. The highest BCUT2D eigenvalue weighted by molar-refractivity contribution is 7.99. The zero-order valence-corrected chi connectivity index (χ0v) is 22.2. The SMILES string of the molecule is CCC(Oc1ccc(SC(c2ccccc2)c2nn(-c3ccc(C(F)(F)F)cc3)c(=O)n2C)c(C)c1)C(=O)O. The van der Waals surface area contributed by atoms with Crippen LogP contribution in [0.3, 0.4) is 0 Å². The van der Waals surface area contributed by atoms with Crippen LogP contribution in [0.2, 0.25) is 0 Å². The lowest BCUT2D eigenvalue weighted by atomic mass is 10.1. The van der Waals surface area contributed by atoms with Gasteiger partial charge in [0.1, 0.15) is 5.75 Å². The first kappa shape index (κ1) is 28.0. The molecule has 0 amide bonds. The molecule has 0 saturated carbocycles. The predicted molar refractivity (Wildman–Crippen MR) is 141 cm³/mol. The van der Waals surface area contributed by atoms with Crippen molar-refractivity contribution in [3.05, 3.63) is 106 Å². The summed E-state index contributed by atoms with van der Waals surface area (Å²) < 4.78 is 47.1. The molecule has 7 nitrogen and oxygen atoms in total. The maximum absolute atomic E-state index is 13.1. The van der Waals surface area contributed by atoms with E-state index in [0.717, 1.165) is 32.8 Å². The van der Waals surface area contributed by atoms with Gasteiger partial charge in [-0.05, 0) is 66.9 Å². The molecule has 0 bridgehead atoms. The van der Waals surface area contributed by atoms with E-state index in [9.17, 15) is 27.9 Å². The van der Waals surface area contributed by atoms with Gasteiger partial charge in [0, 0.05) is 11.9 Å². The van der Waals surface area contributed by atoms with Gasteiger partial charge < -0.3 is 9.84 Å². The summed E-state index contributed by atoms with van der Waals surface area (Å²) in [5.41, 5.74) is 0.613. The summed E-state index contributed by atoms with van der Waals surface area (Å²) in [6.45, 7) is 3.60. The van der Waals surface area contributed by atoms with Crippen LogP contribution in [0.1, 0.15) is 41.1 Å². The number of aryl methyl sites for hydroxylation is 1. The molecule has 0 aliphatic rings. The number of carbonyl (C=O) groups is 1. The first-order valence-corrected chi connectivity index (χ1v) is 12.9. The Morgan fingerprint density at radius 1 is 1.08 bits per heavy atom. The van der Waals surface area contributed by atoms with E-state index in [1.54, 1.807) is 26.1 Å². The Bertz CT molecular complexity index is 1520. The van der Waals surface area contributed by atoms with Gasteiger partial charge in [0.2, 0.25) is 0 Å². The van der Waals surface area contributed by atoms with Crippen molar-refractivity contribution in [2.75, 3.05) is 0 Å². The zero-order valence-electron chi connectivity index (χ0n) is 21.3. The molecule has 0 aliphatic heterocycles. The van der Waals surface area contributed by atoms with Gasteiger partial charge in [0.25, 0.3) is 0 Å². The Morgan fingerprint density at radius 3 is 2.31 bits per heavy atom. The van der Waals surface area contributed by atoms with Gasteiger partial charge in [-0.15, -0.1) is 16.9 Å². The lowest BCUT2D eigenvalue weighted by Crippen LogP contribution is -2.25. The van der Waals surface area contributed by atoms with Crippen LogP contribution in [-0.2, 0) is 18.0 Å². The first-order valence-electron chi connectivity index (χ1n) is 12.0. The van der Waals surface area contributed by atoms with E-state index in [2.05, 4.69) is 5.10 Å². The number of hydrogen-bond donors (Lipinski definition) is 1. The minimum atomic E-state index is -4.49. The second-order valence-electron chi connectivity index (χ2n) is 8.85. The van der Waals surface area contributed by atoms with E-state index in [0.29, 0.717) is 18.0 Å². The minimum absolute atomic E-state index is 0.216. The van der Waals surface area contributed by atoms with E-state index in [1.165, 1.54) is 28.5 Å². The number of alkyl halides is 3. The summed E-state index contributed by atoms with van der Waals surface area (Å²) >= 11 is 1.44. The number of nitrogens with zero attached hydrogens (tertiary/aromatic N) is 3. The van der Waals surface area contributed by atoms with Crippen LogP contribution in [-0.4, -0.2) is 31.5 Å². The number of hydrogen-bond acceptors (Lipinski definition) is 5. The molecule has 11 heteroatoms. The summed E-state index contributed by atoms with van der Waals surface area (Å²) in [7, 11) is 1.57. The van der Waals surface area contributed by atoms with Crippen molar-refractivity contribution < 1.29 is 27.8 Å². The Kier molecular flexibility index (Phi) is 8.19. The fraction of sp³-hybridized carbons (Fsp3) is 0.250. The van der Waals surface area contributed by atoms with Crippen molar-refractivity contribution in [3.63, 3.8) is 0 Å². The van der Waals surface area contributed by atoms with E-state index < -0.39 is 34.8 Å². The van der Waals surface area contributed by atoms with Gasteiger partial charge in [-0.3, -0.25) is 4.57 Å². The Morgan fingerprint density at radius 2 is 1.74 bits per heavy atom. The number of carboxylic acid groups (broad SMARTS) is 1. The summed E-state index contributed by atoms with van der Waals surface area (Å²) in [6, 6.07) is 19.0. The topological polar surface area (TPSA) is 86.4 Å². The van der Waals surface area contributed by atoms with Crippen molar-refractivity contribution in [1.29, 1.82) is 0 Å². The van der Waals surface area contributed by atoms with Crippen LogP contribution in [0.4, 0.5) is 13.2 Å². The third-order valence-electron chi connectivity index (χ3n) is 6.11. The highest BCUT2D eigenvalue weighted by Gasteiger charge is 2.30. The molecule has 1 N–H and O–H groups in total. The lowest BCUT2D eigenvalue weighted by molar-refractivity contribution is -0.145. The Hall–Kier alpha value is -3.99. The number of rotatable bonds is 9. The molecule has 204 valence electrons. The second-order valence-corrected chi connectivity index (χ2v) is 9.99. The quantitative estimate of drug-likeness (QED) is 0.253. The minimum Gasteiger partial charge on any atom is -0.479 e. The molecular formula is C28H26F3N3O4S. The van der Waals surface area contributed by atoms with E-state index >= 15 is 0 Å². The molecule has 0 saturated heterocycles. The summed E-state index contributed by atoms with van der Waals surface area (Å²) in [6.07, 6.45) is -5.13. The van der Waals surface area contributed by atoms with Gasteiger partial charge in [-0.2, -0.15) is 17.9 Å². The molecular weight excluding hydrogens is 531 g/mol. The molecule has 4 aromatic rings. The first-order chi connectivity index (χ1) is 18.5. The Labute approximate surface area is 226 Å².